The van der Waals surface area contributed by atoms with Gasteiger partial charge >= 0.3 is 6.03 Å². The third kappa shape index (κ3) is 7.11. The van der Waals surface area contributed by atoms with Gasteiger partial charge in [-0.25, -0.2) is 13.6 Å². The molecule has 2 aromatic carbocycles. The second-order valence-electron chi connectivity index (χ2n) is 8.82. The van der Waals surface area contributed by atoms with Crippen LogP contribution in [0.4, 0.5) is 19.3 Å². The van der Waals surface area contributed by atoms with E-state index in [0.29, 0.717) is 18.8 Å². The van der Waals surface area contributed by atoms with Crippen LogP contribution >= 0.6 is 11.3 Å². The molecule has 1 fully saturated rings. The number of amides is 3. The maximum Gasteiger partial charge on any atom is 0.322 e. The van der Waals surface area contributed by atoms with Crippen LogP contribution in [0.1, 0.15) is 42.5 Å². The van der Waals surface area contributed by atoms with Crippen molar-refractivity contribution in [1.29, 1.82) is 0 Å². The van der Waals surface area contributed by atoms with E-state index in [1.165, 1.54) is 30.3 Å². The maximum absolute atomic E-state index is 13.7. The van der Waals surface area contributed by atoms with E-state index < -0.39 is 11.8 Å². The molecule has 8 heteroatoms. The van der Waals surface area contributed by atoms with Crippen LogP contribution in [0.3, 0.4) is 0 Å². The van der Waals surface area contributed by atoms with Gasteiger partial charge in [0.2, 0.25) is 5.91 Å². The molecule has 1 aliphatic rings. The highest BCUT2D eigenvalue weighted by atomic mass is 32.1. The standard InChI is InChI=1S/C27H29F2N3O2S/c28-21-13-11-20(12-14-21)17-31(18-25-10-5-15-35-25)26(33)19-32(24-8-2-1-3-9-24)27(34)30-23-7-4-6-22(29)16-23/h4-7,10-16,24H,1-3,8-9,17-19H2,(H,30,34). The lowest BCUT2D eigenvalue weighted by atomic mass is 9.94. The molecule has 3 aromatic rings. The molecule has 0 unspecified atom stereocenters. The predicted molar refractivity (Wildman–Crippen MR) is 134 cm³/mol. The number of nitrogens with one attached hydrogen (secondary N) is 1. The van der Waals surface area contributed by atoms with Crippen molar-refractivity contribution in [2.24, 2.45) is 0 Å². The predicted octanol–water partition coefficient (Wildman–Crippen LogP) is 6.42. The van der Waals surface area contributed by atoms with E-state index in [9.17, 15) is 18.4 Å². The molecule has 1 aliphatic carbocycles. The molecular weight excluding hydrogens is 468 g/mol. The van der Waals surface area contributed by atoms with Crippen LogP contribution in [0.15, 0.2) is 66.0 Å². The first kappa shape index (κ1) is 24.9. The van der Waals surface area contributed by atoms with Gasteiger partial charge in [0.25, 0.3) is 0 Å². The summed E-state index contributed by atoms with van der Waals surface area (Å²) >= 11 is 1.56. The van der Waals surface area contributed by atoms with E-state index in [2.05, 4.69) is 5.32 Å². The van der Waals surface area contributed by atoms with Gasteiger partial charge in [0, 0.05) is 23.2 Å². The Hall–Kier alpha value is -3.26. The van der Waals surface area contributed by atoms with Crippen molar-refractivity contribution in [3.8, 4) is 0 Å². The Morgan fingerprint density at radius 3 is 2.37 bits per heavy atom. The number of hydrogen-bond donors (Lipinski definition) is 1. The lowest BCUT2D eigenvalue weighted by Crippen LogP contribution is -2.49. The lowest BCUT2D eigenvalue weighted by molar-refractivity contribution is -0.133. The second kappa shape index (κ2) is 11.9. The Labute approximate surface area is 208 Å². The van der Waals surface area contributed by atoms with Gasteiger partial charge in [-0.2, -0.15) is 0 Å². The number of carbonyl (C=O) groups excluding carboxylic acids is 2. The highest BCUT2D eigenvalue weighted by Gasteiger charge is 2.29. The SMILES string of the molecule is O=C(CN(C(=O)Nc1cccc(F)c1)C1CCCCC1)N(Cc1ccc(F)cc1)Cc1cccs1. The average molecular weight is 498 g/mol. The molecule has 0 spiro atoms. The molecule has 184 valence electrons. The van der Waals surface area contributed by atoms with Crippen molar-refractivity contribution in [2.75, 3.05) is 11.9 Å². The van der Waals surface area contributed by atoms with Crippen LogP contribution < -0.4 is 5.32 Å². The second-order valence-corrected chi connectivity index (χ2v) is 9.85. The van der Waals surface area contributed by atoms with Crippen LogP contribution in [0, 0.1) is 11.6 Å². The van der Waals surface area contributed by atoms with Crippen molar-refractivity contribution in [3.63, 3.8) is 0 Å². The maximum atomic E-state index is 13.7. The summed E-state index contributed by atoms with van der Waals surface area (Å²) in [6, 6.07) is 15.3. The van der Waals surface area contributed by atoms with Gasteiger partial charge in [-0.05, 0) is 60.2 Å². The fraction of sp³-hybridized carbons (Fsp3) is 0.333. The Bertz CT molecular complexity index is 1120. The summed E-state index contributed by atoms with van der Waals surface area (Å²) in [5.41, 5.74) is 1.16. The molecular formula is C27H29F2N3O2S. The van der Waals surface area contributed by atoms with Gasteiger partial charge in [-0.1, -0.05) is 43.5 Å². The zero-order valence-corrected chi connectivity index (χ0v) is 20.3. The van der Waals surface area contributed by atoms with E-state index >= 15 is 0 Å². The Morgan fingerprint density at radius 1 is 0.914 bits per heavy atom. The van der Waals surface area contributed by atoms with Gasteiger partial charge < -0.3 is 15.1 Å². The average Bonchev–Trinajstić information content (AvgIpc) is 3.37. The first-order valence-electron chi connectivity index (χ1n) is 11.9. The van der Waals surface area contributed by atoms with Gasteiger partial charge in [-0.15, -0.1) is 11.3 Å². The monoisotopic (exact) mass is 497 g/mol. The smallest absolute Gasteiger partial charge is 0.322 e. The molecule has 3 amide bonds. The number of urea groups is 1. The summed E-state index contributed by atoms with van der Waals surface area (Å²) in [4.78, 5) is 31.2. The van der Waals surface area contributed by atoms with Gasteiger partial charge in [0.1, 0.15) is 18.2 Å². The lowest BCUT2D eigenvalue weighted by Gasteiger charge is -2.35. The normalized spacial score (nSPS) is 13.9. The number of benzene rings is 2. The molecule has 0 atom stereocenters. The van der Waals surface area contributed by atoms with E-state index in [-0.39, 0.29) is 24.3 Å². The molecule has 0 radical (unpaired) electrons. The van der Waals surface area contributed by atoms with E-state index in [0.717, 1.165) is 42.5 Å². The highest BCUT2D eigenvalue weighted by Crippen LogP contribution is 2.24. The number of thiophene rings is 1. The number of rotatable bonds is 8. The summed E-state index contributed by atoms with van der Waals surface area (Å²) < 4.78 is 27.1. The molecule has 0 saturated heterocycles. The Kier molecular flexibility index (Phi) is 8.47. The first-order valence-corrected chi connectivity index (χ1v) is 12.7. The topological polar surface area (TPSA) is 52.7 Å². The minimum absolute atomic E-state index is 0.0596. The number of halogens is 2. The number of nitrogens with zero attached hydrogens (tertiary/aromatic N) is 2. The molecule has 1 aromatic heterocycles. The quantitative estimate of drug-likeness (QED) is 0.390. The Morgan fingerprint density at radius 2 is 1.69 bits per heavy atom. The number of anilines is 1. The molecule has 4 rings (SSSR count). The van der Waals surface area contributed by atoms with E-state index in [1.807, 2.05) is 17.5 Å². The van der Waals surface area contributed by atoms with Crippen LogP contribution in [0.2, 0.25) is 0 Å². The van der Waals surface area contributed by atoms with E-state index in [4.69, 9.17) is 0 Å². The zero-order valence-electron chi connectivity index (χ0n) is 19.5. The number of carbonyl (C=O) groups is 2. The summed E-state index contributed by atoms with van der Waals surface area (Å²) in [6.07, 6.45) is 4.76. The number of hydrogen-bond acceptors (Lipinski definition) is 3. The van der Waals surface area contributed by atoms with Gasteiger partial charge in [0.05, 0.1) is 6.54 Å². The molecule has 1 heterocycles. The van der Waals surface area contributed by atoms with Crippen molar-refractivity contribution in [1.82, 2.24) is 9.80 Å². The highest BCUT2D eigenvalue weighted by molar-refractivity contribution is 7.09. The van der Waals surface area contributed by atoms with Gasteiger partial charge in [-0.3, -0.25) is 4.79 Å². The first-order chi connectivity index (χ1) is 17.0. The van der Waals surface area contributed by atoms with Crippen LogP contribution in [0.25, 0.3) is 0 Å². The molecule has 1 saturated carbocycles. The summed E-state index contributed by atoms with van der Waals surface area (Å²) in [6.45, 7) is 0.622. The summed E-state index contributed by atoms with van der Waals surface area (Å²) in [5.74, 6) is -0.963. The molecule has 0 aliphatic heterocycles. The third-order valence-electron chi connectivity index (χ3n) is 6.22. The minimum Gasteiger partial charge on any atom is -0.332 e. The van der Waals surface area contributed by atoms with Crippen LogP contribution in [-0.4, -0.2) is 34.3 Å². The summed E-state index contributed by atoms with van der Waals surface area (Å²) in [7, 11) is 0. The van der Waals surface area contributed by atoms with Crippen molar-refractivity contribution in [2.45, 2.75) is 51.2 Å². The Balaban J connectivity index is 1.53. The van der Waals surface area contributed by atoms with Crippen LogP contribution in [0.5, 0.6) is 0 Å². The third-order valence-corrected chi connectivity index (χ3v) is 7.09. The zero-order chi connectivity index (χ0) is 24.6. The molecule has 1 N–H and O–H groups in total. The fourth-order valence-electron chi connectivity index (χ4n) is 4.40. The summed E-state index contributed by atoms with van der Waals surface area (Å²) in [5, 5.41) is 4.72. The minimum atomic E-state index is -0.440. The largest absolute Gasteiger partial charge is 0.332 e. The van der Waals surface area contributed by atoms with Crippen molar-refractivity contribution >= 4 is 29.0 Å². The molecule has 35 heavy (non-hydrogen) atoms. The van der Waals surface area contributed by atoms with Crippen LogP contribution in [-0.2, 0) is 17.9 Å². The van der Waals surface area contributed by atoms with E-state index in [1.54, 1.807) is 39.3 Å². The van der Waals surface area contributed by atoms with Crippen molar-refractivity contribution in [3.05, 3.63) is 88.1 Å². The van der Waals surface area contributed by atoms with Gasteiger partial charge in [0.15, 0.2) is 0 Å². The fourth-order valence-corrected chi connectivity index (χ4v) is 5.12. The molecule has 5 nitrogen and oxygen atoms in total. The molecule has 0 bridgehead atoms. The van der Waals surface area contributed by atoms with Crippen molar-refractivity contribution < 1.29 is 18.4 Å².